The van der Waals surface area contributed by atoms with Gasteiger partial charge in [-0.25, -0.2) is 9.97 Å². The average molecular weight is 238 g/mol. The van der Waals surface area contributed by atoms with Crippen LogP contribution in [0.15, 0.2) is 12.4 Å². The molecule has 0 amide bonds. The molecule has 96 valence electrons. The lowest BCUT2D eigenvalue weighted by Gasteiger charge is -2.26. The maximum Gasteiger partial charge on any atom is 0.225 e. The van der Waals surface area contributed by atoms with Gasteiger partial charge in [0.25, 0.3) is 0 Å². The van der Waals surface area contributed by atoms with E-state index in [1.54, 1.807) is 7.11 Å². The van der Waals surface area contributed by atoms with Crippen molar-refractivity contribution in [3.05, 3.63) is 18.0 Å². The topological polar surface area (TPSA) is 50.3 Å². The van der Waals surface area contributed by atoms with E-state index >= 15 is 0 Å². The Morgan fingerprint density at radius 1 is 1.35 bits per heavy atom. The van der Waals surface area contributed by atoms with E-state index < -0.39 is 0 Å². The highest BCUT2D eigenvalue weighted by molar-refractivity contribution is 5.31. The number of nitrogens with one attached hydrogen (secondary N) is 1. The van der Waals surface area contributed by atoms with Gasteiger partial charge in [0, 0.05) is 44.2 Å². The Morgan fingerprint density at radius 2 is 2.00 bits per heavy atom. The number of hydrogen-bond donors (Lipinski definition) is 1. The number of nitrogens with zero attached hydrogens (tertiary/aromatic N) is 3. The Morgan fingerprint density at radius 3 is 2.47 bits per heavy atom. The Kier molecular flexibility index (Phi) is 5.86. The maximum absolute atomic E-state index is 5.10. The first-order valence-corrected chi connectivity index (χ1v) is 5.90. The van der Waals surface area contributed by atoms with Gasteiger partial charge in [-0.3, -0.25) is 0 Å². The van der Waals surface area contributed by atoms with Crippen molar-refractivity contribution in [2.24, 2.45) is 0 Å². The Labute approximate surface area is 103 Å². The molecular weight excluding hydrogens is 216 g/mol. The van der Waals surface area contributed by atoms with Gasteiger partial charge in [0.2, 0.25) is 5.95 Å². The first kappa shape index (κ1) is 13.9. The van der Waals surface area contributed by atoms with Crippen molar-refractivity contribution in [3.8, 4) is 0 Å². The minimum absolute atomic E-state index is 0.361. The Bertz CT molecular complexity index is 313. The highest BCUT2D eigenvalue weighted by Gasteiger charge is 2.12. The highest BCUT2D eigenvalue weighted by Crippen LogP contribution is 2.10. The normalized spacial score (nSPS) is 10.9. The third kappa shape index (κ3) is 4.28. The number of ether oxygens (including phenoxy) is 1. The van der Waals surface area contributed by atoms with Crippen LogP contribution < -0.4 is 10.2 Å². The van der Waals surface area contributed by atoms with Crippen molar-refractivity contribution < 1.29 is 4.74 Å². The summed E-state index contributed by atoms with van der Waals surface area (Å²) in [4.78, 5) is 10.9. The van der Waals surface area contributed by atoms with Crippen molar-refractivity contribution in [1.82, 2.24) is 15.3 Å². The van der Waals surface area contributed by atoms with Crippen LogP contribution >= 0.6 is 0 Å². The average Bonchev–Trinajstić information content (AvgIpc) is 2.31. The third-order valence-corrected chi connectivity index (χ3v) is 2.49. The van der Waals surface area contributed by atoms with Gasteiger partial charge in [-0.15, -0.1) is 0 Å². The molecule has 1 N–H and O–H groups in total. The van der Waals surface area contributed by atoms with Crippen LogP contribution in [0, 0.1) is 0 Å². The second kappa shape index (κ2) is 7.19. The summed E-state index contributed by atoms with van der Waals surface area (Å²) >= 11 is 0. The molecule has 0 aliphatic rings. The van der Waals surface area contributed by atoms with E-state index in [9.17, 15) is 0 Å². The Hall–Kier alpha value is -1.20. The van der Waals surface area contributed by atoms with Crippen LogP contribution in [0.3, 0.4) is 0 Å². The molecule has 0 atom stereocenters. The molecule has 1 aromatic heterocycles. The fraction of sp³-hybridized carbons (Fsp3) is 0.667. The highest BCUT2D eigenvalue weighted by atomic mass is 16.5. The second-order valence-corrected chi connectivity index (χ2v) is 4.20. The van der Waals surface area contributed by atoms with Crippen LogP contribution in [0.1, 0.15) is 19.4 Å². The van der Waals surface area contributed by atoms with Gasteiger partial charge in [-0.2, -0.15) is 0 Å². The first-order chi connectivity index (χ1) is 8.19. The standard InChI is InChI=1S/C12H22N4O/c1-10(2)16(5-6-17-4)12-14-8-11(7-13-3)9-15-12/h8-10,13H,5-7H2,1-4H3. The van der Waals surface area contributed by atoms with Crippen molar-refractivity contribution >= 4 is 5.95 Å². The molecule has 1 rings (SSSR count). The quantitative estimate of drug-likeness (QED) is 0.769. The van der Waals surface area contributed by atoms with Gasteiger partial charge in [0.05, 0.1) is 6.61 Å². The van der Waals surface area contributed by atoms with E-state index in [0.29, 0.717) is 12.6 Å². The maximum atomic E-state index is 5.10. The van der Waals surface area contributed by atoms with Crippen molar-refractivity contribution in [2.75, 3.05) is 32.2 Å². The summed E-state index contributed by atoms with van der Waals surface area (Å²) in [5, 5.41) is 3.08. The smallest absolute Gasteiger partial charge is 0.225 e. The van der Waals surface area contributed by atoms with Gasteiger partial charge in [0.15, 0.2) is 0 Å². The van der Waals surface area contributed by atoms with E-state index in [2.05, 4.69) is 34.0 Å². The fourth-order valence-corrected chi connectivity index (χ4v) is 1.57. The van der Waals surface area contributed by atoms with E-state index in [1.165, 1.54) is 0 Å². The van der Waals surface area contributed by atoms with Crippen LogP contribution in [0.4, 0.5) is 5.95 Å². The molecule has 0 radical (unpaired) electrons. The van der Waals surface area contributed by atoms with E-state index in [0.717, 1.165) is 24.6 Å². The molecule has 0 aliphatic carbocycles. The molecule has 0 aromatic carbocycles. The van der Waals surface area contributed by atoms with Gasteiger partial charge in [0.1, 0.15) is 0 Å². The summed E-state index contributed by atoms with van der Waals surface area (Å²) in [6, 6.07) is 0.361. The number of aromatic nitrogens is 2. The van der Waals surface area contributed by atoms with Crippen molar-refractivity contribution in [2.45, 2.75) is 26.4 Å². The minimum Gasteiger partial charge on any atom is -0.383 e. The molecule has 1 aromatic rings. The lowest BCUT2D eigenvalue weighted by molar-refractivity contribution is 0.203. The zero-order chi connectivity index (χ0) is 12.7. The lowest BCUT2D eigenvalue weighted by atomic mass is 10.3. The summed E-state index contributed by atoms with van der Waals surface area (Å²) in [5.41, 5.74) is 1.09. The number of hydrogen-bond acceptors (Lipinski definition) is 5. The minimum atomic E-state index is 0.361. The summed E-state index contributed by atoms with van der Waals surface area (Å²) in [6.45, 7) is 6.53. The molecule has 0 fully saturated rings. The van der Waals surface area contributed by atoms with Gasteiger partial charge < -0.3 is 15.0 Å². The predicted molar refractivity (Wildman–Crippen MR) is 69.2 cm³/mol. The van der Waals surface area contributed by atoms with Crippen LogP contribution in [-0.4, -0.2) is 43.3 Å². The summed E-state index contributed by atoms with van der Waals surface area (Å²) in [6.07, 6.45) is 3.72. The molecule has 0 spiro atoms. The van der Waals surface area contributed by atoms with E-state index in [1.807, 2.05) is 19.4 Å². The second-order valence-electron chi connectivity index (χ2n) is 4.20. The van der Waals surface area contributed by atoms with E-state index in [-0.39, 0.29) is 0 Å². The van der Waals surface area contributed by atoms with Crippen molar-refractivity contribution in [1.29, 1.82) is 0 Å². The summed E-state index contributed by atoms with van der Waals surface area (Å²) < 4.78 is 5.10. The molecule has 0 saturated carbocycles. The molecule has 5 heteroatoms. The molecule has 0 unspecified atom stereocenters. The zero-order valence-corrected chi connectivity index (χ0v) is 11.1. The zero-order valence-electron chi connectivity index (χ0n) is 11.1. The predicted octanol–water partition coefficient (Wildman–Crippen LogP) is 1.06. The van der Waals surface area contributed by atoms with Crippen molar-refractivity contribution in [3.63, 3.8) is 0 Å². The number of methoxy groups -OCH3 is 1. The van der Waals surface area contributed by atoms with E-state index in [4.69, 9.17) is 4.74 Å². The third-order valence-electron chi connectivity index (χ3n) is 2.49. The van der Waals surface area contributed by atoms with Gasteiger partial charge in [-0.05, 0) is 20.9 Å². The lowest BCUT2D eigenvalue weighted by Crippen LogP contribution is -2.35. The first-order valence-electron chi connectivity index (χ1n) is 5.90. The van der Waals surface area contributed by atoms with Crippen LogP contribution in [0.5, 0.6) is 0 Å². The number of anilines is 1. The molecule has 0 aliphatic heterocycles. The molecule has 1 heterocycles. The molecule has 5 nitrogen and oxygen atoms in total. The fourth-order valence-electron chi connectivity index (χ4n) is 1.57. The van der Waals surface area contributed by atoms with Gasteiger partial charge >= 0.3 is 0 Å². The van der Waals surface area contributed by atoms with Gasteiger partial charge in [-0.1, -0.05) is 0 Å². The molecule has 0 saturated heterocycles. The Balaban J connectivity index is 2.72. The molecule has 0 bridgehead atoms. The van der Waals surface area contributed by atoms with Crippen LogP contribution in [0.25, 0.3) is 0 Å². The van der Waals surface area contributed by atoms with Crippen LogP contribution in [-0.2, 0) is 11.3 Å². The molecular formula is C12H22N4O. The SMILES string of the molecule is CNCc1cnc(N(CCOC)C(C)C)nc1. The number of rotatable bonds is 7. The summed E-state index contributed by atoms with van der Waals surface area (Å²) in [7, 11) is 3.61. The van der Waals surface area contributed by atoms with Crippen LogP contribution in [0.2, 0.25) is 0 Å². The monoisotopic (exact) mass is 238 g/mol. The molecule has 17 heavy (non-hydrogen) atoms. The largest absolute Gasteiger partial charge is 0.383 e. The summed E-state index contributed by atoms with van der Waals surface area (Å²) in [5.74, 6) is 0.761.